The Labute approximate surface area is 108 Å². The molecule has 2 aliphatic carbocycles. The predicted molar refractivity (Wildman–Crippen MR) is 67.3 cm³/mol. The standard InChI is InChI=1S/C12H17NO4S/c1-18(17)5-4-13-11(14)9-7-2-3-8(6-7)10(9)12(15)16/h2-3,7-10H,4-6H2,1H3,(H,13,14)(H,15,16)/t7?,8?,9-,10+,18?/m0/s1. The molecule has 5 atom stereocenters. The molecule has 2 rings (SSSR count). The van der Waals surface area contributed by atoms with Crippen molar-refractivity contribution in [2.24, 2.45) is 23.7 Å². The van der Waals surface area contributed by atoms with Crippen molar-refractivity contribution in [2.45, 2.75) is 6.42 Å². The zero-order valence-electron chi connectivity index (χ0n) is 10.2. The van der Waals surface area contributed by atoms with E-state index in [9.17, 15) is 18.9 Å². The van der Waals surface area contributed by atoms with Crippen molar-refractivity contribution in [1.29, 1.82) is 0 Å². The number of fused-ring (bicyclic) bond motifs is 2. The van der Waals surface area contributed by atoms with Crippen LogP contribution in [-0.4, -0.2) is 39.7 Å². The summed E-state index contributed by atoms with van der Waals surface area (Å²) in [6.45, 7) is 0.339. The molecule has 1 saturated carbocycles. The van der Waals surface area contributed by atoms with E-state index in [0.29, 0.717) is 12.3 Å². The molecule has 0 spiro atoms. The Morgan fingerprint density at radius 1 is 1.33 bits per heavy atom. The largest absolute Gasteiger partial charge is 0.481 e. The zero-order chi connectivity index (χ0) is 13.3. The number of allylic oxidation sites excluding steroid dienone is 2. The average molecular weight is 271 g/mol. The van der Waals surface area contributed by atoms with Gasteiger partial charge in [0.1, 0.15) is 0 Å². The molecule has 0 radical (unpaired) electrons. The lowest BCUT2D eigenvalue weighted by atomic mass is 9.82. The highest BCUT2D eigenvalue weighted by Gasteiger charge is 2.51. The number of carbonyl (C=O) groups excluding carboxylic acids is 1. The molecule has 0 aromatic heterocycles. The van der Waals surface area contributed by atoms with E-state index in [4.69, 9.17) is 0 Å². The Bertz CT molecular complexity index is 420. The third-order valence-corrected chi connectivity index (χ3v) is 4.51. The van der Waals surface area contributed by atoms with Gasteiger partial charge in [-0.25, -0.2) is 0 Å². The molecule has 18 heavy (non-hydrogen) atoms. The van der Waals surface area contributed by atoms with Crippen molar-refractivity contribution in [3.8, 4) is 0 Å². The maximum absolute atomic E-state index is 12.0. The van der Waals surface area contributed by atoms with Gasteiger partial charge in [-0.1, -0.05) is 12.2 Å². The van der Waals surface area contributed by atoms with E-state index in [-0.39, 0.29) is 17.7 Å². The molecule has 1 amide bonds. The molecule has 2 N–H and O–H groups in total. The van der Waals surface area contributed by atoms with Crippen LogP contribution >= 0.6 is 0 Å². The highest BCUT2D eigenvalue weighted by atomic mass is 32.2. The van der Waals surface area contributed by atoms with E-state index in [2.05, 4.69) is 5.32 Å². The number of carboxylic acids is 1. The predicted octanol–water partition coefficient (Wildman–Crippen LogP) is 0.00400. The SMILES string of the molecule is CS(=O)CCNC(=O)[C@H]1C2C=CC(C2)[C@H]1C(=O)O. The lowest BCUT2D eigenvalue weighted by Gasteiger charge is -2.23. The van der Waals surface area contributed by atoms with Crippen LogP contribution in [0.4, 0.5) is 0 Å². The van der Waals surface area contributed by atoms with Gasteiger partial charge in [0, 0.05) is 29.4 Å². The second-order valence-electron chi connectivity index (χ2n) is 4.91. The zero-order valence-corrected chi connectivity index (χ0v) is 11.0. The van der Waals surface area contributed by atoms with Gasteiger partial charge in [-0.15, -0.1) is 0 Å². The number of amides is 1. The summed E-state index contributed by atoms with van der Waals surface area (Å²) in [5, 5.41) is 11.9. The fourth-order valence-electron chi connectivity index (χ4n) is 2.95. The second kappa shape index (κ2) is 5.22. The quantitative estimate of drug-likeness (QED) is 0.690. The summed E-state index contributed by atoms with van der Waals surface area (Å²) >= 11 is 0. The van der Waals surface area contributed by atoms with Gasteiger partial charge < -0.3 is 10.4 Å². The molecule has 100 valence electrons. The number of nitrogens with one attached hydrogen (secondary N) is 1. The normalized spacial score (nSPS) is 34.5. The van der Waals surface area contributed by atoms with Crippen LogP contribution in [0.25, 0.3) is 0 Å². The third kappa shape index (κ3) is 2.48. The molecule has 0 heterocycles. The summed E-state index contributed by atoms with van der Waals surface area (Å²) in [5.41, 5.74) is 0. The number of aliphatic carboxylic acids is 1. The summed E-state index contributed by atoms with van der Waals surface area (Å²) in [6, 6.07) is 0. The van der Waals surface area contributed by atoms with Crippen LogP contribution in [0.1, 0.15) is 6.42 Å². The fraction of sp³-hybridized carbons (Fsp3) is 0.667. The van der Waals surface area contributed by atoms with Gasteiger partial charge in [-0.3, -0.25) is 13.8 Å². The molecule has 0 saturated heterocycles. The van der Waals surface area contributed by atoms with Crippen molar-refractivity contribution in [3.05, 3.63) is 12.2 Å². The maximum Gasteiger partial charge on any atom is 0.307 e. The minimum atomic E-state index is -0.948. The van der Waals surface area contributed by atoms with Gasteiger partial charge in [0.15, 0.2) is 0 Å². The molecule has 0 aromatic rings. The number of carbonyl (C=O) groups is 2. The lowest BCUT2D eigenvalue weighted by molar-refractivity contribution is -0.147. The molecular formula is C12H17NO4S. The van der Waals surface area contributed by atoms with Gasteiger partial charge in [0.2, 0.25) is 5.91 Å². The molecule has 2 aliphatic rings. The van der Waals surface area contributed by atoms with Gasteiger partial charge in [0.25, 0.3) is 0 Å². The van der Waals surface area contributed by atoms with Crippen LogP contribution in [0.3, 0.4) is 0 Å². The Balaban J connectivity index is 1.98. The average Bonchev–Trinajstić information content (AvgIpc) is 2.87. The summed E-state index contributed by atoms with van der Waals surface area (Å²) in [4.78, 5) is 23.3. The molecule has 1 fully saturated rings. The first-order valence-electron chi connectivity index (χ1n) is 5.99. The Kier molecular flexibility index (Phi) is 3.85. The van der Waals surface area contributed by atoms with Gasteiger partial charge in [0.05, 0.1) is 11.8 Å². The Morgan fingerprint density at radius 3 is 2.50 bits per heavy atom. The number of hydrogen-bond donors (Lipinski definition) is 2. The minimum absolute atomic E-state index is 0.0106. The van der Waals surface area contributed by atoms with Crippen molar-refractivity contribution in [1.82, 2.24) is 5.32 Å². The first kappa shape index (κ1) is 13.3. The van der Waals surface area contributed by atoms with Gasteiger partial charge in [-0.05, 0) is 18.3 Å². The van der Waals surface area contributed by atoms with Crippen molar-refractivity contribution < 1.29 is 18.9 Å². The Hall–Kier alpha value is -1.17. The maximum atomic E-state index is 12.0. The molecule has 0 aliphatic heterocycles. The summed E-state index contributed by atoms with van der Waals surface area (Å²) in [6.07, 6.45) is 6.20. The molecule has 0 aromatic carbocycles. The van der Waals surface area contributed by atoms with Crippen LogP contribution in [0, 0.1) is 23.7 Å². The monoisotopic (exact) mass is 271 g/mol. The van der Waals surface area contributed by atoms with Crippen LogP contribution in [-0.2, 0) is 20.4 Å². The van der Waals surface area contributed by atoms with E-state index >= 15 is 0 Å². The lowest BCUT2D eigenvalue weighted by Crippen LogP contribution is -2.41. The van der Waals surface area contributed by atoms with Gasteiger partial charge in [-0.2, -0.15) is 0 Å². The molecular weight excluding hydrogens is 254 g/mol. The van der Waals surface area contributed by atoms with E-state index in [1.807, 2.05) is 12.2 Å². The van der Waals surface area contributed by atoms with Crippen molar-refractivity contribution >= 4 is 22.7 Å². The number of carboxylic acid groups (broad SMARTS) is 1. The Morgan fingerprint density at radius 2 is 1.94 bits per heavy atom. The highest BCUT2D eigenvalue weighted by Crippen LogP contribution is 2.48. The topological polar surface area (TPSA) is 83.5 Å². The van der Waals surface area contributed by atoms with Crippen LogP contribution in [0.15, 0.2) is 12.2 Å². The van der Waals surface area contributed by atoms with Crippen molar-refractivity contribution in [3.63, 3.8) is 0 Å². The van der Waals surface area contributed by atoms with E-state index in [1.165, 1.54) is 0 Å². The smallest absolute Gasteiger partial charge is 0.307 e. The fourth-order valence-corrected chi connectivity index (χ4v) is 3.34. The summed E-state index contributed by atoms with van der Waals surface area (Å²) in [5.74, 6) is -1.75. The molecule has 2 bridgehead atoms. The van der Waals surface area contributed by atoms with Gasteiger partial charge >= 0.3 is 5.97 Å². The minimum Gasteiger partial charge on any atom is -0.481 e. The van der Waals surface area contributed by atoms with Crippen LogP contribution in [0.2, 0.25) is 0 Å². The molecule has 3 unspecified atom stereocenters. The highest BCUT2D eigenvalue weighted by molar-refractivity contribution is 7.84. The third-order valence-electron chi connectivity index (χ3n) is 3.74. The summed E-state index contributed by atoms with van der Waals surface area (Å²) < 4.78 is 10.9. The first-order valence-corrected chi connectivity index (χ1v) is 7.72. The van der Waals surface area contributed by atoms with Crippen molar-refractivity contribution in [2.75, 3.05) is 18.6 Å². The van der Waals surface area contributed by atoms with E-state index in [1.54, 1.807) is 6.26 Å². The molecule has 6 heteroatoms. The van der Waals surface area contributed by atoms with Crippen LogP contribution < -0.4 is 5.32 Å². The van der Waals surface area contributed by atoms with Crippen LogP contribution in [0.5, 0.6) is 0 Å². The number of hydrogen-bond acceptors (Lipinski definition) is 3. The second-order valence-corrected chi connectivity index (χ2v) is 6.46. The molecule has 5 nitrogen and oxygen atoms in total. The number of rotatable bonds is 5. The van der Waals surface area contributed by atoms with E-state index < -0.39 is 28.6 Å². The summed E-state index contributed by atoms with van der Waals surface area (Å²) in [7, 11) is -0.948. The first-order chi connectivity index (χ1) is 8.50. The van der Waals surface area contributed by atoms with E-state index in [0.717, 1.165) is 6.42 Å².